The molecule has 1 amide bonds. The zero-order valence-electron chi connectivity index (χ0n) is 19.5. The van der Waals surface area contributed by atoms with Gasteiger partial charge in [0.25, 0.3) is 0 Å². The van der Waals surface area contributed by atoms with Crippen molar-refractivity contribution in [3.63, 3.8) is 0 Å². The van der Waals surface area contributed by atoms with Crippen LogP contribution in [-0.2, 0) is 11.3 Å². The summed E-state index contributed by atoms with van der Waals surface area (Å²) in [6.07, 6.45) is 1.68. The van der Waals surface area contributed by atoms with Gasteiger partial charge in [0, 0.05) is 0 Å². The fourth-order valence-electron chi connectivity index (χ4n) is 4.30. The summed E-state index contributed by atoms with van der Waals surface area (Å²) in [5.41, 5.74) is 6.81. The van der Waals surface area contributed by atoms with Crippen LogP contribution in [0.2, 0.25) is 0 Å². The van der Waals surface area contributed by atoms with E-state index in [1.54, 1.807) is 37.5 Å². The van der Waals surface area contributed by atoms with Gasteiger partial charge in [0.2, 0.25) is 5.91 Å². The molecule has 35 heavy (non-hydrogen) atoms. The first-order valence-electron chi connectivity index (χ1n) is 11.3. The molecule has 4 aromatic rings. The molecule has 1 saturated carbocycles. The number of rotatable bonds is 5. The minimum atomic E-state index is -1.07. The number of carbonyl (C=O) groups excluding carboxylic acids is 1. The molecule has 0 saturated heterocycles. The third kappa shape index (κ3) is 4.06. The number of hydrogen-bond acceptors (Lipinski definition) is 5. The molecule has 2 aromatic heterocycles. The number of halogens is 2. The van der Waals surface area contributed by atoms with Gasteiger partial charge < -0.3 is 11.1 Å². The Hall–Kier alpha value is -3.03. The monoisotopic (exact) mass is 542 g/mol. The predicted octanol–water partition coefficient (Wildman–Crippen LogP) is 2.34. The predicted molar refractivity (Wildman–Crippen MR) is 132 cm³/mol. The number of hydrogen-bond donors (Lipinski definition) is 2. The number of nitrogens with zero attached hydrogens (tertiary/aromatic N) is 2. The van der Waals surface area contributed by atoms with Crippen molar-refractivity contribution in [2.24, 2.45) is 5.73 Å². The number of pyridine rings is 1. The van der Waals surface area contributed by atoms with Crippen LogP contribution in [0.5, 0.6) is 0 Å². The summed E-state index contributed by atoms with van der Waals surface area (Å²) >= 11 is 1.01. The summed E-state index contributed by atoms with van der Waals surface area (Å²) in [7, 11) is 0. The molecule has 7 nitrogen and oxygen atoms in total. The molecule has 1 aliphatic carbocycles. The average molecular weight is 542 g/mol. The van der Waals surface area contributed by atoms with E-state index in [-0.39, 0.29) is 45.4 Å². The fraction of sp³-hybridized carbons (Fsp3) is 0.320. The number of oxazole rings is 1. The number of amides is 1. The van der Waals surface area contributed by atoms with E-state index in [9.17, 15) is 18.4 Å². The number of benzene rings is 2. The van der Waals surface area contributed by atoms with Gasteiger partial charge in [-0.05, 0) is 13.8 Å². The van der Waals surface area contributed by atoms with Crippen LogP contribution < -0.4 is 21.0 Å². The van der Waals surface area contributed by atoms with Crippen LogP contribution in [0.3, 0.4) is 0 Å². The molecule has 10 heteroatoms. The average Bonchev–Trinajstić information content (AvgIpc) is 3.52. The van der Waals surface area contributed by atoms with E-state index in [1.807, 2.05) is 0 Å². The second-order valence-corrected chi connectivity index (χ2v) is 10.9. The number of nitrogens with one attached hydrogen (secondary N) is 1. The topological polar surface area (TPSA) is 103 Å². The third-order valence-corrected chi connectivity index (χ3v) is 7.21. The number of fused-ring (bicyclic) bond motifs is 3. The first-order valence-corrected chi connectivity index (χ1v) is 12.5. The number of aromatic nitrogens is 2. The van der Waals surface area contributed by atoms with Crippen molar-refractivity contribution in [1.82, 2.24) is 14.9 Å². The SMILES string of the molecule is Cc1c(-c2cc(F)c([AsH2])cc2F)ccc2c3oc(CNC(=O)C(C)(C)N)nc3c(=O)n(C3CC3)c12. The van der Waals surface area contributed by atoms with Crippen LogP contribution in [0.4, 0.5) is 8.78 Å². The normalized spacial score (nSPS) is 14.1. The van der Waals surface area contributed by atoms with Crippen molar-refractivity contribution in [2.45, 2.75) is 51.7 Å². The maximum absolute atomic E-state index is 14.8. The van der Waals surface area contributed by atoms with Gasteiger partial charge in [-0.3, -0.25) is 4.79 Å². The first-order chi connectivity index (χ1) is 16.5. The van der Waals surface area contributed by atoms with E-state index >= 15 is 0 Å². The van der Waals surface area contributed by atoms with Crippen molar-refractivity contribution in [1.29, 1.82) is 0 Å². The van der Waals surface area contributed by atoms with E-state index in [2.05, 4.69) is 10.3 Å². The van der Waals surface area contributed by atoms with E-state index in [1.165, 1.54) is 12.1 Å². The van der Waals surface area contributed by atoms with Gasteiger partial charge in [-0.15, -0.1) is 0 Å². The Morgan fingerprint density at radius 3 is 2.63 bits per heavy atom. The summed E-state index contributed by atoms with van der Waals surface area (Å²) in [5, 5.41) is 3.32. The Kier molecular flexibility index (Phi) is 5.60. The van der Waals surface area contributed by atoms with Gasteiger partial charge in [0.05, 0.1) is 5.54 Å². The second kappa shape index (κ2) is 8.28. The molecule has 2 aromatic carbocycles. The number of nitrogens with two attached hydrogens (primary N) is 1. The zero-order chi connectivity index (χ0) is 25.2. The molecule has 0 bridgehead atoms. The molecular weight excluding hydrogens is 517 g/mol. The van der Waals surface area contributed by atoms with Crippen LogP contribution in [0, 0.1) is 18.6 Å². The van der Waals surface area contributed by atoms with E-state index in [0.29, 0.717) is 27.6 Å². The minimum absolute atomic E-state index is 0.00328. The van der Waals surface area contributed by atoms with Gasteiger partial charge in [-0.1, -0.05) is 0 Å². The number of carbonyl (C=O) groups is 1. The standard InChI is InChI=1S/C25H25AsF2N4O3/c1-11-13(15-8-18(28)16(26)9-17(15)27)6-7-14-21(11)32(12-4-5-12)23(33)20-22(14)35-19(31-20)10-30-24(34)25(2,3)29/h6-9,12H,4-5,10,26,29H2,1-3H3,(H,30,34). The van der Waals surface area contributed by atoms with Crippen molar-refractivity contribution in [2.75, 3.05) is 0 Å². The molecule has 2 heterocycles. The molecule has 3 N–H and O–H groups in total. The molecule has 0 aliphatic heterocycles. The molecule has 182 valence electrons. The van der Waals surface area contributed by atoms with E-state index in [4.69, 9.17) is 10.2 Å². The van der Waals surface area contributed by atoms with Crippen LogP contribution in [-0.4, -0.2) is 37.8 Å². The molecular formula is C25H25AsF2N4O3. The van der Waals surface area contributed by atoms with E-state index < -0.39 is 17.2 Å². The molecule has 1 unspecified atom stereocenters. The summed E-state index contributed by atoms with van der Waals surface area (Å²) in [6.45, 7) is 4.94. The Labute approximate surface area is 208 Å². The summed E-state index contributed by atoms with van der Waals surface area (Å²) in [4.78, 5) is 30.0. The van der Waals surface area contributed by atoms with Crippen molar-refractivity contribution < 1.29 is 18.0 Å². The van der Waals surface area contributed by atoms with Gasteiger partial charge >= 0.3 is 167 Å². The van der Waals surface area contributed by atoms with Gasteiger partial charge in [0.15, 0.2) is 0 Å². The molecule has 1 aliphatic rings. The van der Waals surface area contributed by atoms with E-state index in [0.717, 1.165) is 29.7 Å². The van der Waals surface area contributed by atoms with Gasteiger partial charge in [0.1, 0.15) is 0 Å². The molecule has 0 radical (unpaired) electrons. The fourth-order valence-corrected chi connectivity index (χ4v) is 4.78. The van der Waals surface area contributed by atoms with Crippen LogP contribution in [0.1, 0.15) is 44.2 Å². The second-order valence-electron chi connectivity index (χ2n) is 9.58. The molecule has 1 atom stereocenters. The summed E-state index contributed by atoms with van der Waals surface area (Å²) in [6, 6.07) is 5.86. The van der Waals surface area contributed by atoms with Crippen molar-refractivity contribution in [3.05, 3.63) is 57.7 Å². The Morgan fingerprint density at radius 1 is 1.26 bits per heavy atom. The third-order valence-electron chi connectivity index (χ3n) is 6.28. The Bertz CT molecular complexity index is 1580. The molecule has 0 spiro atoms. The maximum atomic E-state index is 14.8. The van der Waals surface area contributed by atoms with Crippen molar-refractivity contribution >= 4 is 49.1 Å². The van der Waals surface area contributed by atoms with Crippen LogP contribution in [0.25, 0.3) is 33.1 Å². The molecule has 1 fully saturated rings. The van der Waals surface area contributed by atoms with Crippen LogP contribution in [0.15, 0.2) is 33.5 Å². The molecule has 5 rings (SSSR count). The summed E-state index contributed by atoms with van der Waals surface area (Å²) < 4.78 is 37.1. The number of aryl methyl sites for hydroxylation is 1. The van der Waals surface area contributed by atoms with Crippen LogP contribution >= 0.6 is 0 Å². The van der Waals surface area contributed by atoms with Gasteiger partial charge in [-0.2, -0.15) is 0 Å². The van der Waals surface area contributed by atoms with Gasteiger partial charge in [-0.25, -0.2) is 0 Å². The Morgan fingerprint density at radius 2 is 1.97 bits per heavy atom. The summed E-state index contributed by atoms with van der Waals surface area (Å²) in [5.74, 6) is -1.19. The Balaban J connectivity index is 1.71. The first kappa shape index (κ1) is 23.7. The van der Waals surface area contributed by atoms with Crippen molar-refractivity contribution in [3.8, 4) is 11.1 Å². The quantitative estimate of drug-likeness (QED) is 0.377. The zero-order valence-corrected chi connectivity index (χ0v) is 22.0.